The molecule has 0 bridgehead atoms. The van der Waals surface area contributed by atoms with E-state index in [2.05, 4.69) is 15.9 Å². The Morgan fingerprint density at radius 2 is 1.90 bits per heavy atom. The van der Waals surface area contributed by atoms with Crippen LogP contribution in [0.25, 0.3) is 0 Å². The van der Waals surface area contributed by atoms with Gasteiger partial charge < -0.3 is 4.90 Å². The predicted octanol–water partition coefficient (Wildman–Crippen LogP) is 2.52. The molecule has 0 aliphatic carbocycles. The van der Waals surface area contributed by atoms with Gasteiger partial charge in [-0.25, -0.2) is 0 Å². The molecule has 0 saturated heterocycles. The van der Waals surface area contributed by atoms with E-state index in [1.165, 1.54) is 0 Å². The highest BCUT2D eigenvalue weighted by Crippen LogP contribution is 2.15. The molecule has 0 N–H and O–H groups in total. The predicted molar refractivity (Wildman–Crippen MR) is 48.5 cm³/mol. The average Bonchev–Trinajstić information content (AvgIpc) is 2.07. The molecule has 1 aromatic carbocycles. The molecule has 0 radical (unpaired) electrons. The fraction of sp³-hybridized carbons (Fsp3) is 0.250. The zero-order valence-electron chi connectivity index (χ0n) is 9.29. The van der Waals surface area contributed by atoms with Crippen LogP contribution in [0, 0.1) is 0 Å². The first-order valence-corrected chi connectivity index (χ1v) is 3.54. The van der Waals surface area contributed by atoms with Gasteiger partial charge in [0.25, 0.3) is 0 Å². The summed E-state index contributed by atoms with van der Waals surface area (Å²) in [5.41, 5.74) is 0.540. The topological polar surface area (TPSA) is 3.24 Å². The molecule has 1 aromatic rings. The van der Waals surface area contributed by atoms with Gasteiger partial charge in [0.2, 0.25) is 0 Å². The van der Waals surface area contributed by atoms with Crippen LogP contribution in [-0.4, -0.2) is 14.0 Å². The fourth-order valence-electron chi connectivity index (χ4n) is 0.613. The maximum Gasteiger partial charge on any atom is 0.0456 e. The standard InChI is InChI=1S/C8H10BrN/c1-10(2)8-5-3-7(9)4-6-8/h3-6H,1-2H3/i1D2,2D2. The van der Waals surface area contributed by atoms with E-state index in [0.717, 1.165) is 9.37 Å². The molecule has 0 spiro atoms. The van der Waals surface area contributed by atoms with Crippen molar-refractivity contribution < 1.29 is 5.48 Å². The minimum absolute atomic E-state index is 0.540. The zero-order chi connectivity index (χ0) is 10.7. The van der Waals surface area contributed by atoms with Crippen LogP contribution in [0.4, 0.5) is 5.69 Å². The van der Waals surface area contributed by atoms with Gasteiger partial charge in [-0.2, -0.15) is 0 Å². The van der Waals surface area contributed by atoms with E-state index in [-0.39, 0.29) is 0 Å². The molecule has 1 rings (SSSR count). The summed E-state index contributed by atoms with van der Waals surface area (Å²) in [7, 11) is 0. The number of benzene rings is 1. The Morgan fingerprint density at radius 1 is 1.30 bits per heavy atom. The quantitative estimate of drug-likeness (QED) is 0.679. The minimum atomic E-state index is -1.34. The number of hydrogen-bond acceptors (Lipinski definition) is 1. The third-order valence-corrected chi connectivity index (χ3v) is 1.65. The van der Waals surface area contributed by atoms with Crippen LogP contribution in [0.5, 0.6) is 0 Å². The zero-order valence-corrected chi connectivity index (χ0v) is 6.88. The second-order valence-electron chi connectivity index (χ2n) is 1.88. The third-order valence-electron chi connectivity index (χ3n) is 1.12. The van der Waals surface area contributed by atoms with E-state index in [1.807, 2.05) is 0 Å². The molecule has 0 aliphatic heterocycles. The molecule has 10 heavy (non-hydrogen) atoms. The summed E-state index contributed by atoms with van der Waals surface area (Å²) in [4.78, 5) is 1.08. The molecule has 0 unspecified atom stereocenters. The highest BCUT2D eigenvalue weighted by Gasteiger charge is 1.91. The third kappa shape index (κ3) is 1.74. The maximum atomic E-state index is 7.20. The van der Waals surface area contributed by atoms with E-state index in [0.29, 0.717) is 5.69 Å². The molecule has 0 amide bonds. The highest BCUT2D eigenvalue weighted by molar-refractivity contribution is 9.10. The molecule has 0 atom stereocenters. The van der Waals surface area contributed by atoms with Gasteiger partial charge in [0.1, 0.15) is 0 Å². The van der Waals surface area contributed by atoms with E-state index >= 15 is 0 Å². The van der Waals surface area contributed by atoms with Crippen molar-refractivity contribution in [2.45, 2.75) is 0 Å². The van der Waals surface area contributed by atoms with E-state index in [1.54, 1.807) is 24.3 Å². The van der Waals surface area contributed by atoms with E-state index in [4.69, 9.17) is 5.48 Å². The lowest BCUT2D eigenvalue weighted by Gasteiger charge is -2.11. The number of nitrogens with zero attached hydrogens (tertiary/aromatic N) is 1. The minimum Gasteiger partial charge on any atom is -0.378 e. The summed E-state index contributed by atoms with van der Waals surface area (Å²) < 4.78 is 29.7. The molecule has 54 valence electrons. The van der Waals surface area contributed by atoms with Crippen LogP contribution in [0.3, 0.4) is 0 Å². The Bertz CT molecular complexity index is 280. The monoisotopic (exact) mass is 203 g/mol. The number of halogens is 1. The second-order valence-corrected chi connectivity index (χ2v) is 2.80. The Labute approximate surface area is 75.4 Å². The summed E-state index contributed by atoms with van der Waals surface area (Å²) in [6.07, 6.45) is 0. The molecule has 0 aliphatic rings. The van der Waals surface area contributed by atoms with Crippen molar-refractivity contribution in [3.05, 3.63) is 28.7 Å². The molecule has 0 heterocycles. The Hall–Kier alpha value is -0.500. The summed E-state index contributed by atoms with van der Waals surface area (Å²) in [5, 5.41) is 0. The molecule has 0 saturated carbocycles. The van der Waals surface area contributed by atoms with Gasteiger partial charge in [0.15, 0.2) is 0 Å². The lowest BCUT2D eigenvalue weighted by atomic mass is 10.3. The summed E-state index contributed by atoms with van der Waals surface area (Å²) in [5.74, 6) is 0. The van der Waals surface area contributed by atoms with Gasteiger partial charge in [-0.3, -0.25) is 0 Å². The van der Waals surface area contributed by atoms with Crippen LogP contribution in [0.15, 0.2) is 28.7 Å². The van der Waals surface area contributed by atoms with Crippen LogP contribution in [0.1, 0.15) is 5.48 Å². The van der Waals surface area contributed by atoms with Crippen molar-refractivity contribution in [3.8, 4) is 0 Å². The van der Waals surface area contributed by atoms with E-state index in [9.17, 15) is 0 Å². The molecule has 2 heteroatoms. The van der Waals surface area contributed by atoms with Gasteiger partial charge in [-0.1, -0.05) is 15.9 Å². The van der Waals surface area contributed by atoms with Crippen LogP contribution < -0.4 is 4.90 Å². The normalized spacial score (nSPS) is 15.9. The summed E-state index contributed by atoms with van der Waals surface area (Å²) in [6, 6.07) is 6.87. The lowest BCUT2D eigenvalue weighted by molar-refractivity contribution is 1.13. The number of anilines is 1. The smallest absolute Gasteiger partial charge is 0.0456 e. The molecule has 0 aromatic heterocycles. The highest BCUT2D eigenvalue weighted by atomic mass is 79.9. The van der Waals surface area contributed by atoms with Crippen molar-refractivity contribution in [3.63, 3.8) is 0 Å². The van der Waals surface area contributed by atoms with Crippen molar-refractivity contribution in [2.75, 3.05) is 18.9 Å². The van der Waals surface area contributed by atoms with E-state index < -0.39 is 14.0 Å². The van der Waals surface area contributed by atoms with Gasteiger partial charge in [-0.15, -0.1) is 0 Å². The maximum absolute atomic E-state index is 7.20. The molecule has 0 fully saturated rings. The average molecular weight is 204 g/mol. The van der Waals surface area contributed by atoms with Gasteiger partial charge >= 0.3 is 0 Å². The van der Waals surface area contributed by atoms with Crippen molar-refractivity contribution in [2.24, 2.45) is 0 Å². The van der Waals surface area contributed by atoms with Crippen molar-refractivity contribution >= 4 is 21.6 Å². The summed E-state index contributed by atoms with van der Waals surface area (Å²) >= 11 is 3.26. The van der Waals surface area contributed by atoms with Crippen molar-refractivity contribution in [1.82, 2.24) is 0 Å². The largest absolute Gasteiger partial charge is 0.378 e. The lowest BCUT2D eigenvalue weighted by Crippen LogP contribution is -2.07. The Balaban J connectivity index is 2.94. The van der Waals surface area contributed by atoms with Gasteiger partial charge in [0.05, 0.1) is 0 Å². The second kappa shape index (κ2) is 3.06. The summed E-state index contributed by atoms with van der Waals surface area (Å²) in [6.45, 7) is -2.67. The van der Waals surface area contributed by atoms with Gasteiger partial charge in [-0.05, 0) is 24.3 Å². The van der Waals surface area contributed by atoms with Gasteiger partial charge in [0, 0.05) is 29.6 Å². The molecule has 1 nitrogen and oxygen atoms in total. The SMILES string of the molecule is [2H]C([2H])N(c1ccc(Br)cc1)C([2H])[2H]. The van der Waals surface area contributed by atoms with Crippen molar-refractivity contribution in [1.29, 1.82) is 0 Å². The van der Waals surface area contributed by atoms with Crippen LogP contribution in [-0.2, 0) is 0 Å². The first-order valence-electron chi connectivity index (χ1n) is 5.06. The number of rotatable bonds is 1. The number of hydrogen-bond donors (Lipinski definition) is 0. The molecular weight excluding hydrogens is 190 g/mol. The Morgan fingerprint density at radius 3 is 2.40 bits per heavy atom. The first kappa shape index (κ1) is 3.77. The van der Waals surface area contributed by atoms with Crippen LogP contribution in [0.2, 0.25) is 0 Å². The van der Waals surface area contributed by atoms with Crippen LogP contribution >= 0.6 is 15.9 Å². The fourth-order valence-corrected chi connectivity index (χ4v) is 0.878. The first-order chi connectivity index (χ1) is 6.52. The Kier molecular flexibility index (Phi) is 1.15. The molecular formula is C8H10BrN.